The number of likely N-dealkylation sites (N-methyl/N-ethyl adjacent to an activating group) is 1. The van der Waals surface area contributed by atoms with Gasteiger partial charge in [0.25, 0.3) is 5.56 Å². The predicted molar refractivity (Wildman–Crippen MR) is 128 cm³/mol. The molecule has 5 nitrogen and oxygen atoms in total. The minimum Gasteiger partial charge on any atom is -0.497 e. The van der Waals surface area contributed by atoms with Gasteiger partial charge in [0, 0.05) is 23.7 Å². The number of rotatable bonds is 5. The Hall–Kier alpha value is -2.68. The number of nitrogens with zero attached hydrogens (tertiary/aromatic N) is 3. The van der Waals surface area contributed by atoms with E-state index >= 15 is 0 Å². The van der Waals surface area contributed by atoms with Gasteiger partial charge < -0.3 is 9.64 Å². The molecule has 8 heteroatoms. The molecule has 0 radical (unpaired) electrons. The van der Waals surface area contributed by atoms with Crippen LogP contribution in [0.3, 0.4) is 0 Å². The molecule has 32 heavy (non-hydrogen) atoms. The van der Waals surface area contributed by atoms with E-state index in [1.165, 1.54) is 22.7 Å². The molecule has 2 aromatic heterocycles. The fourth-order valence-corrected chi connectivity index (χ4v) is 6.31. The SMILES string of the molecule is COc1ccc(-n2c(SCc3ccccc3F)nc3sc4c(c3c2=O)CCN(C)C4)cc1. The number of thioether (sulfide) groups is 1. The molecule has 0 N–H and O–H groups in total. The summed E-state index contributed by atoms with van der Waals surface area (Å²) in [6.07, 6.45) is 0.840. The first-order chi connectivity index (χ1) is 15.5. The topological polar surface area (TPSA) is 47.4 Å². The van der Waals surface area contributed by atoms with Crippen molar-refractivity contribution in [1.82, 2.24) is 14.5 Å². The van der Waals surface area contributed by atoms with Crippen LogP contribution >= 0.6 is 23.1 Å². The third-order valence-corrected chi connectivity index (χ3v) is 7.78. The molecule has 0 spiro atoms. The van der Waals surface area contributed by atoms with Gasteiger partial charge in [0.1, 0.15) is 16.4 Å². The van der Waals surface area contributed by atoms with Crippen LogP contribution in [0.15, 0.2) is 58.5 Å². The lowest BCUT2D eigenvalue weighted by Crippen LogP contribution is -2.27. The van der Waals surface area contributed by atoms with Crippen molar-refractivity contribution in [3.63, 3.8) is 0 Å². The molecule has 0 saturated carbocycles. The number of thiophene rings is 1. The maximum absolute atomic E-state index is 14.2. The van der Waals surface area contributed by atoms with Gasteiger partial charge in [-0.3, -0.25) is 9.36 Å². The first-order valence-corrected chi connectivity index (χ1v) is 12.1. The van der Waals surface area contributed by atoms with E-state index in [0.717, 1.165) is 29.9 Å². The number of fused-ring (bicyclic) bond motifs is 3. The predicted octanol–water partition coefficient (Wildman–Crippen LogP) is 4.88. The molecular formula is C24H22FN3O2S2. The molecule has 1 aliphatic rings. The quantitative estimate of drug-likeness (QED) is 0.309. The van der Waals surface area contributed by atoms with Crippen molar-refractivity contribution in [1.29, 1.82) is 0 Å². The molecule has 3 heterocycles. The van der Waals surface area contributed by atoms with Crippen molar-refractivity contribution >= 4 is 33.3 Å². The van der Waals surface area contributed by atoms with Crippen molar-refractivity contribution in [2.75, 3.05) is 20.7 Å². The summed E-state index contributed by atoms with van der Waals surface area (Å²) in [5, 5.41) is 1.27. The Morgan fingerprint density at radius 1 is 1.19 bits per heavy atom. The molecule has 4 aromatic rings. The Bertz CT molecular complexity index is 1350. The number of methoxy groups -OCH3 is 1. The van der Waals surface area contributed by atoms with Crippen LogP contribution < -0.4 is 10.3 Å². The number of hydrogen-bond donors (Lipinski definition) is 0. The largest absolute Gasteiger partial charge is 0.497 e. The highest BCUT2D eigenvalue weighted by Crippen LogP contribution is 2.34. The molecule has 0 unspecified atom stereocenters. The molecule has 0 bridgehead atoms. The van der Waals surface area contributed by atoms with Gasteiger partial charge in [0.05, 0.1) is 18.2 Å². The summed E-state index contributed by atoms with van der Waals surface area (Å²) in [6.45, 7) is 1.75. The first kappa shape index (κ1) is 21.2. The van der Waals surface area contributed by atoms with Crippen molar-refractivity contribution in [3.05, 3.63) is 80.7 Å². The molecular weight excluding hydrogens is 445 g/mol. The second-order valence-electron chi connectivity index (χ2n) is 7.78. The number of hydrogen-bond acceptors (Lipinski definition) is 6. The molecule has 0 fully saturated rings. The molecule has 0 amide bonds. The van der Waals surface area contributed by atoms with Crippen LogP contribution in [0.4, 0.5) is 4.39 Å². The molecule has 0 saturated heterocycles. The van der Waals surface area contributed by atoms with Crippen LogP contribution in [0, 0.1) is 5.82 Å². The summed E-state index contributed by atoms with van der Waals surface area (Å²) in [5.41, 5.74) is 2.35. The minimum atomic E-state index is -0.256. The summed E-state index contributed by atoms with van der Waals surface area (Å²) in [4.78, 5) is 22.9. The van der Waals surface area contributed by atoms with Crippen molar-refractivity contribution in [3.8, 4) is 11.4 Å². The number of aromatic nitrogens is 2. The lowest BCUT2D eigenvalue weighted by atomic mass is 10.1. The zero-order chi connectivity index (χ0) is 22.2. The van der Waals surface area contributed by atoms with Gasteiger partial charge in [0.15, 0.2) is 5.16 Å². The Morgan fingerprint density at radius 2 is 1.97 bits per heavy atom. The average Bonchev–Trinajstić information content (AvgIpc) is 3.16. The van der Waals surface area contributed by atoms with E-state index in [-0.39, 0.29) is 11.4 Å². The highest BCUT2D eigenvalue weighted by Gasteiger charge is 2.24. The van der Waals surface area contributed by atoms with E-state index in [4.69, 9.17) is 9.72 Å². The fourth-order valence-electron chi connectivity index (χ4n) is 3.97. The fraction of sp³-hybridized carbons (Fsp3) is 0.250. The van der Waals surface area contributed by atoms with E-state index in [0.29, 0.717) is 33.3 Å². The second-order valence-corrected chi connectivity index (χ2v) is 9.81. The van der Waals surface area contributed by atoms with Gasteiger partial charge in [-0.15, -0.1) is 11.3 Å². The van der Waals surface area contributed by atoms with E-state index in [2.05, 4.69) is 11.9 Å². The maximum Gasteiger partial charge on any atom is 0.267 e. The molecule has 164 valence electrons. The molecule has 5 rings (SSSR count). The number of ether oxygens (including phenoxy) is 1. The highest BCUT2D eigenvalue weighted by atomic mass is 32.2. The second kappa shape index (κ2) is 8.69. The number of halogens is 1. The summed E-state index contributed by atoms with van der Waals surface area (Å²) in [7, 11) is 3.70. The van der Waals surface area contributed by atoms with Gasteiger partial charge in [-0.05, 0) is 54.9 Å². The Balaban J connectivity index is 1.66. The van der Waals surface area contributed by atoms with E-state index in [9.17, 15) is 9.18 Å². The summed E-state index contributed by atoms with van der Waals surface area (Å²) in [5.74, 6) is 0.843. The van der Waals surface area contributed by atoms with Gasteiger partial charge in [-0.25, -0.2) is 9.37 Å². The normalized spacial score (nSPS) is 14.0. The first-order valence-electron chi connectivity index (χ1n) is 10.3. The van der Waals surface area contributed by atoms with Crippen LogP contribution in [0.2, 0.25) is 0 Å². The number of benzene rings is 2. The zero-order valence-corrected chi connectivity index (χ0v) is 19.4. The molecule has 2 aromatic carbocycles. The van der Waals surface area contributed by atoms with Crippen LogP contribution in [-0.2, 0) is 18.7 Å². The van der Waals surface area contributed by atoms with Crippen LogP contribution in [0.5, 0.6) is 5.75 Å². The van der Waals surface area contributed by atoms with Crippen LogP contribution in [0.1, 0.15) is 16.0 Å². The van der Waals surface area contributed by atoms with Gasteiger partial charge in [-0.2, -0.15) is 0 Å². The molecule has 0 atom stereocenters. The zero-order valence-electron chi connectivity index (χ0n) is 17.8. The van der Waals surface area contributed by atoms with Crippen molar-refractivity contribution in [2.24, 2.45) is 0 Å². The third-order valence-electron chi connectivity index (χ3n) is 5.68. The summed E-state index contributed by atoms with van der Waals surface area (Å²) in [6, 6.07) is 14.1. The summed E-state index contributed by atoms with van der Waals surface area (Å²) >= 11 is 2.96. The Labute approximate surface area is 193 Å². The lowest BCUT2D eigenvalue weighted by Gasteiger charge is -2.21. The van der Waals surface area contributed by atoms with E-state index < -0.39 is 0 Å². The lowest BCUT2D eigenvalue weighted by molar-refractivity contribution is 0.318. The molecule has 0 aliphatic carbocycles. The Morgan fingerprint density at radius 3 is 2.72 bits per heavy atom. The van der Waals surface area contributed by atoms with Gasteiger partial charge >= 0.3 is 0 Å². The average molecular weight is 468 g/mol. The van der Waals surface area contributed by atoms with Crippen LogP contribution in [0.25, 0.3) is 15.9 Å². The monoisotopic (exact) mass is 467 g/mol. The van der Waals surface area contributed by atoms with Crippen LogP contribution in [-0.4, -0.2) is 35.2 Å². The Kier molecular flexibility index (Phi) is 5.75. The maximum atomic E-state index is 14.2. The molecule has 1 aliphatic heterocycles. The minimum absolute atomic E-state index is 0.0711. The highest BCUT2D eigenvalue weighted by molar-refractivity contribution is 7.98. The summed E-state index contributed by atoms with van der Waals surface area (Å²) < 4.78 is 21.1. The third kappa shape index (κ3) is 3.83. The van der Waals surface area contributed by atoms with Gasteiger partial charge in [0.2, 0.25) is 0 Å². The standard InChI is InChI=1S/C24H22FN3O2S2/c1-27-12-11-18-20(13-27)32-22-21(18)23(29)28(16-7-9-17(30-2)10-8-16)24(26-22)31-14-15-5-3-4-6-19(15)25/h3-10H,11-14H2,1-2H3. The van der Waals surface area contributed by atoms with Crippen molar-refractivity contribution < 1.29 is 9.13 Å². The van der Waals surface area contributed by atoms with E-state index in [1.54, 1.807) is 35.1 Å². The van der Waals surface area contributed by atoms with Gasteiger partial charge in [-0.1, -0.05) is 30.0 Å². The smallest absolute Gasteiger partial charge is 0.267 e. The van der Waals surface area contributed by atoms with Crippen molar-refractivity contribution in [2.45, 2.75) is 23.9 Å². The van der Waals surface area contributed by atoms with E-state index in [1.807, 2.05) is 30.3 Å².